The monoisotopic (exact) mass is 424 g/mol. The van der Waals surface area contributed by atoms with Gasteiger partial charge in [0, 0.05) is 6.54 Å². The van der Waals surface area contributed by atoms with Crippen molar-refractivity contribution < 1.29 is 38.5 Å². The van der Waals surface area contributed by atoms with Crippen LogP contribution in [0.25, 0.3) is 0 Å². The molecule has 1 aromatic rings. The molecule has 0 heterocycles. The lowest BCUT2D eigenvalue weighted by Gasteiger charge is -2.22. The lowest BCUT2D eigenvalue weighted by atomic mass is 9.98. The van der Waals surface area contributed by atoms with E-state index in [-0.39, 0.29) is 26.0 Å². The van der Waals surface area contributed by atoms with E-state index in [0.29, 0.717) is 0 Å². The summed E-state index contributed by atoms with van der Waals surface area (Å²) < 4.78 is 14.2. The van der Waals surface area contributed by atoms with Gasteiger partial charge < -0.3 is 30.0 Å². The molecule has 1 rings (SSSR count). The molecule has 2 amide bonds. The highest BCUT2D eigenvalue weighted by Gasteiger charge is 2.30. The Bertz CT molecular complexity index is 710. The molecule has 0 unspecified atom stereocenters. The Kier molecular flexibility index (Phi) is 10.9. The predicted molar refractivity (Wildman–Crippen MR) is 105 cm³/mol. The van der Waals surface area contributed by atoms with E-state index in [9.17, 15) is 24.3 Å². The fourth-order valence-corrected chi connectivity index (χ4v) is 2.52. The zero-order valence-corrected chi connectivity index (χ0v) is 17.3. The molecule has 0 spiro atoms. The Morgan fingerprint density at radius 3 is 2.30 bits per heavy atom. The minimum absolute atomic E-state index is 0.0716. The summed E-state index contributed by atoms with van der Waals surface area (Å²) in [6.07, 6.45) is -2.42. The van der Waals surface area contributed by atoms with Crippen LogP contribution in [0.15, 0.2) is 30.3 Å². The molecule has 1 aromatic carbocycles. The number of nitrogens with one attached hydrogen (secondary N) is 2. The number of amides is 2. The molecule has 0 bridgehead atoms. The van der Waals surface area contributed by atoms with Gasteiger partial charge in [0.05, 0.1) is 33.2 Å². The van der Waals surface area contributed by atoms with Crippen LogP contribution >= 0.6 is 0 Å². The van der Waals surface area contributed by atoms with Crippen molar-refractivity contribution in [3.05, 3.63) is 35.9 Å². The van der Waals surface area contributed by atoms with E-state index in [2.05, 4.69) is 20.1 Å². The van der Waals surface area contributed by atoms with Gasteiger partial charge in [0.15, 0.2) is 0 Å². The predicted octanol–water partition coefficient (Wildman–Crippen LogP) is 0.521. The zero-order chi connectivity index (χ0) is 22.5. The van der Waals surface area contributed by atoms with Gasteiger partial charge in [-0.2, -0.15) is 0 Å². The number of alkyl carbamates (subject to hydrolysis) is 1. The van der Waals surface area contributed by atoms with E-state index in [1.807, 2.05) is 18.2 Å². The molecular weight excluding hydrogens is 396 g/mol. The van der Waals surface area contributed by atoms with Crippen molar-refractivity contribution in [2.75, 3.05) is 20.8 Å². The number of benzene rings is 1. The van der Waals surface area contributed by atoms with E-state index in [0.717, 1.165) is 12.7 Å². The Morgan fingerprint density at radius 1 is 1.03 bits per heavy atom. The van der Waals surface area contributed by atoms with Crippen LogP contribution in [0.2, 0.25) is 0 Å². The molecule has 3 atom stereocenters. The summed E-state index contributed by atoms with van der Waals surface area (Å²) in [4.78, 5) is 47.2. The lowest BCUT2D eigenvalue weighted by Crippen LogP contribution is -2.47. The summed E-state index contributed by atoms with van der Waals surface area (Å²) in [5, 5.41) is 14.8. The highest BCUT2D eigenvalue weighted by Crippen LogP contribution is 2.11. The van der Waals surface area contributed by atoms with E-state index < -0.39 is 42.0 Å². The van der Waals surface area contributed by atoms with Crippen LogP contribution in [0.5, 0.6) is 0 Å². The second-order valence-electron chi connectivity index (χ2n) is 6.63. The molecule has 0 aliphatic rings. The third kappa shape index (κ3) is 9.37. The van der Waals surface area contributed by atoms with Crippen LogP contribution in [-0.4, -0.2) is 62.0 Å². The fourth-order valence-electron chi connectivity index (χ4n) is 2.52. The van der Waals surface area contributed by atoms with Gasteiger partial charge in [0.1, 0.15) is 12.6 Å². The van der Waals surface area contributed by atoms with Crippen LogP contribution < -0.4 is 10.6 Å². The number of aliphatic hydroxyl groups is 1. The van der Waals surface area contributed by atoms with Crippen molar-refractivity contribution in [1.29, 1.82) is 0 Å². The number of esters is 2. The minimum Gasteiger partial charge on any atom is -0.469 e. The largest absolute Gasteiger partial charge is 0.469 e. The van der Waals surface area contributed by atoms with Crippen LogP contribution in [0.3, 0.4) is 0 Å². The van der Waals surface area contributed by atoms with E-state index in [4.69, 9.17) is 4.74 Å². The topological polar surface area (TPSA) is 140 Å². The molecule has 10 nitrogen and oxygen atoms in total. The second-order valence-corrected chi connectivity index (χ2v) is 6.63. The van der Waals surface area contributed by atoms with Gasteiger partial charge in [0.25, 0.3) is 0 Å². The number of ether oxygens (including phenoxy) is 3. The standard InChI is InChI=1S/C20H28N2O8/c1-13(9-17(25)28-2)18(19(26)29-3)22-16(24)10-15(23)11-21-20(27)30-12-14-7-5-4-6-8-14/h4-8,13,15,18,23H,9-12H2,1-3H3,(H,21,27)(H,22,24)/t13-,15+,18+/m1/s1. The van der Waals surface area contributed by atoms with Crippen LogP contribution in [0, 0.1) is 5.92 Å². The third-order valence-electron chi connectivity index (χ3n) is 4.17. The quantitative estimate of drug-likeness (QED) is 0.345. The van der Waals surface area contributed by atoms with Crippen LogP contribution in [-0.2, 0) is 35.2 Å². The van der Waals surface area contributed by atoms with Crippen molar-refractivity contribution in [3.8, 4) is 0 Å². The molecule has 0 aliphatic heterocycles. The number of hydrogen-bond acceptors (Lipinski definition) is 8. The Balaban J connectivity index is 2.43. The van der Waals surface area contributed by atoms with Gasteiger partial charge in [0.2, 0.25) is 5.91 Å². The van der Waals surface area contributed by atoms with Gasteiger partial charge in [-0.05, 0) is 11.5 Å². The first-order valence-corrected chi connectivity index (χ1v) is 9.33. The normalized spacial score (nSPS) is 13.3. The van der Waals surface area contributed by atoms with E-state index in [1.54, 1.807) is 19.1 Å². The van der Waals surface area contributed by atoms with Crippen molar-refractivity contribution in [2.24, 2.45) is 5.92 Å². The van der Waals surface area contributed by atoms with E-state index >= 15 is 0 Å². The number of carbonyl (C=O) groups excluding carboxylic acids is 4. The zero-order valence-electron chi connectivity index (χ0n) is 17.3. The first kappa shape index (κ1) is 24.9. The number of methoxy groups -OCH3 is 2. The van der Waals surface area contributed by atoms with E-state index in [1.165, 1.54) is 7.11 Å². The first-order valence-electron chi connectivity index (χ1n) is 9.33. The highest BCUT2D eigenvalue weighted by molar-refractivity contribution is 5.85. The number of hydrogen-bond donors (Lipinski definition) is 3. The molecule has 10 heteroatoms. The summed E-state index contributed by atoms with van der Waals surface area (Å²) in [6.45, 7) is 1.43. The molecular formula is C20H28N2O8. The summed E-state index contributed by atoms with van der Waals surface area (Å²) in [7, 11) is 2.38. The van der Waals surface area contributed by atoms with Crippen LogP contribution in [0.4, 0.5) is 4.79 Å². The smallest absolute Gasteiger partial charge is 0.407 e. The van der Waals surface area contributed by atoms with Crippen molar-refractivity contribution >= 4 is 23.9 Å². The first-order chi connectivity index (χ1) is 14.3. The average Bonchev–Trinajstić information content (AvgIpc) is 2.74. The third-order valence-corrected chi connectivity index (χ3v) is 4.17. The minimum atomic E-state index is -1.21. The molecule has 0 aromatic heterocycles. The van der Waals surface area contributed by atoms with Crippen molar-refractivity contribution in [1.82, 2.24) is 10.6 Å². The summed E-state index contributed by atoms with van der Waals surface area (Å²) in [5.74, 6) is -2.49. The summed E-state index contributed by atoms with van der Waals surface area (Å²) in [5.41, 5.74) is 0.808. The molecule has 30 heavy (non-hydrogen) atoms. The maximum atomic E-state index is 12.2. The summed E-state index contributed by atoms with van der Waals surface area (Å²) >= 11 is 0. The Labute approximate surface area is 174 Å². The van der Waals surface area contributed by atoms with Gasteiger partial charge in [-0.3, -0.25) is 9.59 Å². The molecule has 0 saturated carbocycles. The van der Waals surface area contributed by atoms with Crippen molar-refractivity contribution in [3.63, 3.8) is 0 Å². The molecule has 0 fully saturated rings. The maximum Gasteiger partial charge on any atom is 0.407 e. The molecule has 0 aliphatic carbocycles. The average molecular weight is 424 g/mol. The molecule has 0 saturated heterocycles. The van der Waals surface area contributed by atoms with Gasteiger partial charge in [-0.1, -0.05) is 37.3 Å². The highest BCUT2D eigenvalue weighted by atomic mass is 16.5. The van der Waals surface area contributed by atoms with Crippen molar-refractivity contribution in [2.45, 2.75) is 38.5 Å². The Hall–Kier alpha value is -3.14. The number of aliphatic hydroxyl groups excluding tert-OH is 1. The lowest BCUT2D eigenvalue weighted by molar-refractivity contribution is -0.148. The van der Waals surface area contributed by atoms with Gasteiger partial charge in [-0.25, -0.2) is 9.59 Å². The fraction of sp³-hybridized carbons (Fsp3) is 0.500. The Morgan fingerprint density at radius 2 is 1.70 bits per heavy atom. The molecule has 166 valence electrons. The maximum absolute atomic E-state index is 12.2. The second kappa shape index (κ2) is 13.2. The SMILES string of the molecule is COC(=O)C[C@@H](C)[C@H](NC(=O)C[C@H](O)CNC(=O)OCc1ccccc1)C(=O)OC. The molecule has 0 radical (unpaired) electrons. The summed E-state index contributed by atoms with van der Waals surface area (Å²) in [6, 6.07) is 7.97. The van der Waals surface area contributed by atoms with Gasteiger partial charge >= 0.3 is 18.0 Å². The molecule has 3 N–H and O–H groups in total. The number of carbonyl (C=O) groups is 4. The number of rotatable bonds is 11. The van der Waals surface area contributed by atoms with Gasteiger partial charge in [-0.15, -0.1) is 0 Å². The van der Waals surface area contributed by atoms with Crippen LogP contribution in [0.1, 0.15) is 25.3 Å².